The number of ether oxygens (including phenoxy) is 5. The Morgan fingerprint density at radius 3 is 2.33 bits per heavy atom. The Labute approximate surface area is 368 Å². The lowest BCUT2D eigenvalue weighted by Crippen LogP contribution is -2.46. The number of carbonyl (C=O) groups is 2. The van der Waals surface area contributed by atoms with Gasteiger partial charge in [0.2, 0.25) is 10.9 Å². The number of aliphatic hydroxyl groups excluding tert-OH is 3. The smallest absolute Gasteiger partial charge is 0.307 e. The number of hydrogen-bond donors (Lipinski definition) is 5. The van der Waals surface area contributed by atoms with E-state index in [2.05, 4.69) is 5.32 Å². The number of benzene rings is 3. The molecule has 4 aromatic rings. The average molecular weight is 886 g/mol. The molecule has 9 atom stereocenters. The highest BCUT2D eigenvalue weighted by Crippen LogP contribution is 2.42. The number of morpholine rings is 1. The second-order valence-electron chi connectivity index (χ2n) is 17.1. The molecule has 3 aromatic carbocycles. The molecule has 1 fully saturated rings. The zero-order valence-corrected chi connectivity index (χ0v) is 37.3. The predicted octanol–water partition coefficient (Wildman–Crippen LogP) is 4.40. The quantitative estimate of drug-likeness (QED) is 0.109. The second kappa shape index (κ2) is 17.9. The first-order chi connectivity index (χ1) is 30.3. The van der Waals surface area contributed by atoms with Crippen LogP contribution in [0.4, 0.5) is 11.4 Å². The highest BCUT2D eigenvalue weighted by atomic mass is 16.7. The number of phenolic OH excluding ortho intramolecular Hbond substituents is 1. The van der Waals surface area contributed by atoms with Gasteiger partial charge in [0.05, 0.1) is 48.4 Å². The molecular weight excluding hydrogens is 831 g/mol. The number of esters is 1. The van der Waals surface area contributed by atoms with Crippen LogP contribution in [0.5, 0.6) is 11.5 Å². The number of fused-ring (bicyclic) bond motifs is 2. The van der Waals surface area contributed by atoms with Crippen molar-refractivity contribution < 1.29 is 58.1 Å². The number of phenols is 1. The minimum atomic E-state index is -1.98. The average Bonchev–Trinajstić information content (AvgIpc) is 3.54. The number of anilines is 2. The number of aromatic hydroxyl groups is 1. The standard InChI is InChI=1S/C47H55N3O14/c1-21-11-10-12-22(2)46(58)49-37-41(56)33-32(36-44(37)63-31-20-28(19-29(52)35(31)48-36)50-14-17-60-18-15-50)34-43(26(6)40(33)55)64-47(8,45(34)57)61-16-13-30(59-9)23(3)42(62-27(7)51)25(5)39(54)24(4)38(21)53/h10-13,16,19-21,23-25,30,38-39,42,53-55,57H,14-15,17-18H2,1-9H3,(H,49,58)/b11-10+,16-13+,22-12-/t21-,23+,24+,25+,30-,38-,39+,42+,47-/m0/s1. The fraction of sp³-hybridized carbons (Fsp3) is 0.468. The van der Waals surface area contributed by atoms with Crippen molar-refractivity contribution in [3.8, 4) is 11.5 Å². The van der Waals surface area contributed by atoms with Crippen molar-refractivity contribution in [2.24, 2.45) is 23.7 Å². The molecule has 17 nitrogen and oxygen atoms in total. The number of rotatable bonds is 3. The highest BCUT2D eigenvalue weighted by Gasteiger charge is 2.44. The van der Waals surface area contributed by atoms with Crippen LogP contribution in [0.25, 0.3) is 38.7 Å². The summed E-state index contributed by atoms with van der Waals surface area (Å²) in [6.45, 7) is 14.5. The number of amides is 1. The van der Waals surface area contributed by atoms with Crippen LogP contribution >= 0.6 is 0 Å². The molecule has 64 heavy (non-hydrogen) atoms. The van der Waals surface area contributed by atoms with Gasteiger partial charge in [0.15, 0.2) is 22.4 Å². The topological polar surface area (TPSA) is 237 Å². The molecule has 0 aliphatic carbocycles. The summed E-state index contributed by atoms with van der Waals surface area (Å²) in [4.78, 5) is 61.6. The predicted molar refractivity (Wildman–Crippen MR) is 238 cm³/mol. The summed E-state index contributed by atoms with van der Waals surface area (Å²) in [6, 6.07) is 3.03. The number of nitrogens with zero attached hydrogens (tertiary/aromatic N) is 2. The molecule has 4 heterocycles. The van der Waals surface area contributed by atoms with Gasteiger partial charge in [-0.1, -0.05) is 45.9 Å². The van der Waals surface area contributed by atoms with Crippen LogP contribution in [0.2, 0.25) is 0 Å². The maximum atomic E-state index is 14.8. The van der Waals surface area contributed by atoms with Crippen LogP contribution in [0, 0.1) is 30.6 Å². The van der Waals surface area contributed by atoms with E-state index in [0.29, 0.717) is 32.0 Å². The molecule has 1 amide bonds. The van der Waals surface area contributed by atoms with Crippen LogP contribution in [0.15, 0.2) is 62.3 Å². The third-order valence-electron chi connectivity index (χ3n) is 12.8. The van der Waals surface area contributed by atoms with E-state index < -0.39 is 88.1 Å². The van der Waals surface area contributed by atoms with Crippen molar-refractivity contribution in [1.82, 2.24) is 4.98 Å². The number of carbonyl (C=O) groups excluding carboxylic acids is 2. The third-order valence-corrected chi connectivity index (χ3v) is 12.8. The molecule has 5 N–H and O–H groups in total. The Morgan fingerprint density at radius 2 is 1.66 bits per heavy atom. The SMILES string of the molecule is CO[C@H]1/C=C/O[C@@]2(C)Oc3c(C)c(O)c4c(=O)c(c5oc6cc(N7CCOCC7)cc(=O)c6nc5c4c3=C2O)NC(=O)/C(C)=C\C=C\[C@H](C)[C@H](O)[C@@H](C)[C@@H](O)[C@@H](C)[C@H](OC(C)=O)[C@@H]1C. The van der Waals surface area contributed by atoms with Gasteiger partial charge in [-0.05, 0) is 19.9 Å². The van der Waals surface area contributed by atoms with Crippen molar-refractivity contribution in [3.63, 3.8) is 0 Å². The first-order valence-corrected chi connectivity index (χ1v) is 21.3. The Kier molecular flexibility index (Phi) is 12.8. The molecule has 342 valence electrons. The minimum absolute atomic E-state index is 0.00832. The first kappa shape index (κ1) is 46.0. The van der Waals surface area contributed by atoms with Gasteiger partial charge in [-0.3, -0.25) is 19.2 Å². The molecule has 4 bridgehead atoms. The van der Waals surface area contributed by atoms with Gasteiger partial charge in [0.25, 0.3) is 5.91 Å². The third kappa shape index (κ3) is 8.17. The Bertz CT molecular complexity index is 2790. The van der Waals surface area contributed by atoms with E-state index in [-0.39, 0.29) is 60.8 Å². The highest BCUT2D eigenvalue weighted by molar-refractivity contribution is 6.16. The fourth-order valence-corrected chi connectivity index (χ4v) is 8.88. The van der Waals surface area contributed by atoms with Gasteiger partial charge in [-0.2, -0.15) is 0 Å². The summed E-state index contributed by atoms with van der Waals surface area (Å²) in [5.74, 6) is -6.97. The summed E-state index contributed by atoms with van der Waals surface area (Å²) in [5.41, 5.74) is -1.57. The van der Waals surface area contributed by atoms with E-state index in [1.807, 2.05) is 4.90 Å². The largest absolute Gasteiger partial charge is 0.507 e. The monoisotopic (exact) mass is 885 g/mol. The van der Waals surface area contributed by atoms with Gasteiger partial charge in [0, 0.05) is 92.1 Å². The number of hydrogen-bond acceptors (Lipinski definition) is 16. The van der Waals surface area contributed by atoms with E-state index in [1.165, 1.54) is 59.3 Å². The zero-order valence-electron chi connectivity index (χ0n) is 37.3. The summed E-state index contributed by atoms with van der Waals surface area (Å²) in [5, 5.41) is 49.0. The maximum absolute atomic E-state index is 14.8. The zero-order chi connectivity index (χ0) is 46.5. The van der Waals surface area contributed by atoms with E-state index in [0.717, 1.165) is 0 Å². The molecule has 0 unspecified atom stereocenters. The summed E-state index contributed by atoms with van der Waals surface area (Å²) >= 11 is 0. The molecule has 0 spiro atoms. The summed E-state index contributed by atoms with van der Waals surface area (Å²) in [6.07, 6.45) is 3.52. The van der Waals surface area contributed by atoms with Crippen molar-refractivity contribution in [1.29, 1.82) is 0 Å². The fourth-order valence-electron chi connectivity index (χ4n) is 8.88. The Balaban J connectivity index is 1.49. The number of methoxy groups -OCH3 is 1. The van der Waals surface area contributed by atoms with E-state index in [9.17, 15) is 39.6 Å². The van der Waals surface area contributed by atoms with Gasteiger partial charge in [-0.15, -0.1) is 0 Å². The summed E-state index contributed by atoms with van der Waals surface area (Å²) < 4.78 is 35.8. The molecule has 3 aliphatic heterocycles. The van der Waals surface area contributed by atoms with Gasteiger partial charge in [-0.25, -0.2) is 4.98 Å². The van der Waals surface area contributed by atoms with Crippen molar-refractivity contribution in [3.05, 3.63) is 79.5 Å². The normalized spacial score (nSPS) is 30.2. The van der Waals surface area contributed by atoms with Gasteiger partial charge >= 0.3 is 11.8 Å². The molecular formula is C47H55N3O14. The van der Waals surface area contributed by atoms with E-state index in [4.69, 9.17) is 33.1 Å². The number of aromatic nitrogens is 1. The number of aliphatic hydroxyl groups is 3. The molecule has 3 aliphatic rings. The molecule has 1 aromatic heterocycles. The maximum Gasteiger partial charge on any atom is 0.307 e. The van der Waals surface area contributed by atoms with Crippen LogP contribution in [-0.2, 0) is 28.5 Å². The number of nitrogens with one attached hydrogen (secondary N) is 1. The lowest BCUT2D eigenvalue weighted by atomic mass is 9.78. The Hall–Kier alpha value is -6.01. The molecule has 0 radical (unpaired) electrons. The van der Waals surface area contributed by atoms with Gasteiger partial charge < -0.3 is 58.7 Å². The Morgan fingerprint density at radius 1 is 0.953 bits per heavy atom. The van der Waals surface area contributed by atoms with E-state index in [1.54, 1.807) is 45.9 Å². The summed E-state index contributed by atoms with van der Waals surface area (Å²) in [7, 11) is 1.44. The number of allylic oxidation sites excluding steroid dienone is 2. The second-order valence-corrected chi connectivity index (χ2v) is 17.1. The van der Waals surface area contributed by atoms with Crippen LogP contribution in [0.1, 0.15) is 54.0 Å². The molecule has 7 rings (SSSR count). The van der Waals surface area contributed by atoms with Crippen LogP contribution in [-0.4, -0.2) is 101 Å². The van der Waals surface area contributed by atoms with Crippen LogP contribution in [0.3, 0.4) is 0 Å². The molecule has 0 saturated carbocycles. The lowest BCUT2D eigenvalue weighted by Gasteiger charge is -2.38. The van der Waals surface area contributed by atoms with Crippen molar-refractivity contribution in [2.45, 2.75) is 85.6 Å². The van der Waals surface area contributed by atoms with Crippen molar-refractivity contribution in [2.75, 3.05) is 43.6 Å². The van der Waals surface area contributed by atoms with Crippen molar-refractivity contribution >= 4 is 62.0 Å². The van der Waals surface area contributed by atoms with E-state index >= 15 is 0 Å². The minimum Gasteiger partial charge on any atom is -0.507 e. The lowest BCUT2D eigenvalue weighted by molar-refractivity contribution is -0.160. The van der Waals surface area contributed by atoms with Gasteiger partial charge in [0.1, 0.15) is 28.8 Å². The van der Waals surface area contributed by atoms with Crippen LogP contribution < -0.4 is 31.0 Å². The first-order valence-electron chi connectivity index (χ1n) is 21.3. The molecule has 17 heteroatoms. The molecule has 1 saturated heterocycles.